The molecule has 0 bridgehead atoms. The smallest absolute Gasteiger partial charge is 0.200 e. The number of aromatic nitrogens is 3. The molecule has 22 heavy (non-hydrogen) atoms. The number of nitrogens with one attached hydrogen (secondary N) is 1. The maximum atomic E-state index is 13.4. The standard InChI is InChI=1S/C15H10F2N4O/c16-11-4-1-5-12(13(11)17)22-6-2-3-9-7-10-14(18)19-8-20-15(10)21-9/h1,4-5,7-8H,6H2,(H3,18,19,20,21). The van der Waals surface area contributed by atoms with Crippen molar-refractivity contribution in [2.75, 3.05) is 12.3 Å². The van der Waals surface area contributed by atoms with Crippen LogP contribution in [0, 0.1) is 23.5 Å². The summed E-state index contributed by atoms with van der Waals surface area (Å²) in [5.74, 6) is 3.67. The number of hydrogen-bond donors (Lipinski definition) is 2. The van der Waals surface area contributed by atoms with E-state index in [0.29, 0.717) is 22.5 Å². The van der Waals surface area contributed by atoms with E-state index in [1.54, 1.807) is 6.07 Å². The van der Waals surface area contributed by atoms with Gasteiger partial charge in [-0.2, -0.15) is 4.39 Å². The predicted molar refractivity (Wildman–Crippen MR) is 77.0 cm³/mol. The van der Waals surface area contributed by atoms with E-state index in [0.717, 1.165) is 6.07 Å². The Hall–Kier alpha value is -3.14. The number of rotatable bonds is 2. The first-order valence-corrected chi connectivity index (χ1v) is 6.30. The second-order valence-electron chi connectivity index (χ2n) is 4.35. The Labute approximate surface area is 124 Å². The molecule has 0 aliphatic heterocycles. The second-order valence-corrected chi connectivity index (χ2v) is 4.35. The Bertz CT molecular complexity index is 895. The molecule has 3 aromatic rings. The summed E-state index contributed by atoms with van der Waals surface area (Å²) < 4.78 is 31.4. The minimum Gasteiger partial charge on any atom is -0.478 e. The van der Waals surface area contributed by atoms with Crippen LogP contribution in [0.1, 0.15) is 5.69 Å². The molecular formula is C15H10F2N4O. The van der Waals surface area contributed by atoms with Gasteiger partial charge in [0.1, 0.15) is 24.4 Å². The minimum absolute atomic E-state index is 0.0864. The first-order chi connectivity index (χ1) is 10.6. The van der Waals surface area contributed by atoms with E-state index in [2.05, 4.69) is 26.8 Å². The third-order valence-electron chi connectivity index (χ3n) is 2.90. The first-order valence-electron chi connectivity index (χ1n) is 6.30. The van der Waals surface area contributed by atoms with Crippen molar-refractivity contribution in [1.82, 2.24) is 15.0 Å². The van der Waals surface area contributed by atoms with Gasteiger partial charge in [-0.15, -0.1) is 0 Å². The van der Waals surface area contributed by atoms with Crippen LogP contribution in [0.5, 0.6) is 5.75 Å². The van der Waals surface area contributed by atoms with Gasteiger partial charge in [0.15, 0.2) is 11.6 Å². The van der Waals surface area contributed by atoms with Gasteiger partial charge < -0.3 is 15.5 Å². The molecule has 0 radical (unpaired) electrons. The quantitative estimate of drug-likeness (QED) is 0.712. The molecule has 3 rings (SSSR count). The van der Waals surface area contributed by atoms with Gasteiger partial charge in [0, 0.05) is 0 Å². The van der Waals surface area contributed by atoms with Crippen LogP contribution in [0.25, 0.3) is 11.0 Å². The molecular weight excluding hydrogens is 290 g/mol. The summed E-state index contributed by atoms with van der Waals surface area (Å²) in [5, 5.41) is 0.670. The molecule has 0 aliphatic carbocycles. The molecule has 7 heteroatoms. The molecule has 0 aliphatic rings. The summed E-state index contributed by atoms with van der Waals surface area (Å²) in [6.07, 6.45) is 1.35. The Balaban J connectivity index is 1.72. The molecule has 0 spiro atoms. The molecule has 0 amide bonds. The van der Waals surface area contributed by atoms with Crippen LogP contribution in [0.3, 0.4) is 0 Å². The van der Waals surface area contributed by atoms with E-state index in [4.69, 9.17) is 10.5 Å². The molecule has 0 saturated heterocycles. The molecule has 0 atom stereocenters. The zero-order valence-corrected chi connectivity index (χ0v) is 11.2. The second kappa shape index (κ2) is 5.69. The van der Waals surface area contributed by atoms with Gasteiger partial charge in [-0.05, 0) is 24.1 Å². The van der Waals surface area contributed by atoms with Gasteiger partial charge in [-0.25, -0.2) is 14.4 Å². The van der Waals surface area contributed by atoms with Gasteiger partial charge in [-0.1, -0.05) is 12.0 Å². The molecule has 5 nitrogen and oxygen atoms in total. The normalized spacial score (nSPS) is 10.3. The Morgan fingerprint density at radius 3 is 2.95 bits per heavy atom. The highest BCUT2D eigenvalue weighted by molar-refractivity contribution is 5.87. The first kappa shape index (κ1) is 13.8. The van der Waals surface area contributed by atoms with Crippen molar-refractivity contribution in [3.8, 4) is 17.6 Å². The molecule has 2 heterocycles. The largest absolute Gasteiger partial charge is 0.478 e. The van der Waals surface area contributed by atoms with Gasteiger partial charge in [0.05, 0.1) is 11.1 Å². The monoisotopic (exact) mass is 300 g/mol. The zero-order valence-electron chi connectivity index (χ0n) is 11.2. The van der Waals surface area contributed by atoms with Crippen LogP contribution in [0.2, 0.25) is 0 Å². The van der Waals surface area contributed by atoms with E-state index >= 15 is 0 Å². The third-order valence-corrected chi connectivity index (χ3v) is 2.90. The van der Waals surface area contributed by atoms with Crippen molar-refractivity contribution in [3.63, 3.8) is 0 Å². The molecule has 3 N–H and O–H groups in total. The number of H-pyrrole nitrogens is 1. The van der Waals surface area contributed by atoms with E-state index in [-0.39, 0.29) is 12.4 Å². The highest BCUT2D eigenvalue weighted by atomic mass is 19.2. The predicted octanol–water partition coefficient (Wildman–Crippen LogP) is 2.25. The SMILES string of the molecule is Nc1ncnc2[nH]c(C#CCOc3cccc(F)c3F)cc12. The van der Waals surface area contributed by atoms with Gasteiger partial charge in [0.25, 0.3) is 0 Å². The van der Waals surface area contributed by atoms with Crippen LogP contribution in [-0.4, -0.2) is 21.6 Å². The van der Waals surface area contributed by atoms with Crippen LogP contribution < -0.4 is 10.5 Å². The maximum absolute atomic E-state index is 13.4. The van der Waals surface area contributed by atoms with E-state index in [1.165, 1.54) is 18.5 Å². The number of benzene rings is 1. The highest BCUT2D eigenvalue weighted by Gasteiger charge is 2.07. The summed E-state index contributed by atoms with van der Waals surface area (Å²) >= 11 is 0. The van der Waals surface area contributed by atoms with E-state index in [9.17, 15) is 8.78 Å². The minimum atomic E-state index is -1.03. The number of nitrogens with two attached hydrogens (primary N) is 1. The van der Waals surface area contributed by atoms with Crippen LogP contribution in [0.15, 0.2) is 30.6 Å². The fraction of sp³-hybridized carbons (Fsp3) is 0.0667. The van der Waals surface area contributed by atoms with Crippen molar-refractivity contribution in [3.05, 3.63) is 47.9 Å². The lowest BCUT2D eigenvalue weighted by Gasteiger charge is -2.02. The molecule has 110 valence electrons. The van der Waals surface area contributed by atoms with Crippen molar-refractivity contribution < 1.29 is 13.5 Å². The summed E-state index contributed by atoms with van der Waals surface area (Å²) in [4.78, 5) is 10.9. The number of fused-ring (bicyclic) bond motifs is 1. The molecule has 0 fully saturated rings. The highest BCUT2D eigenvalue weighted by Crippen LogP contribution is 2.19. The van der Waals surface area contributed by atoms with Crippen molar-refractivity contribution in [2.45, 2.75) is 0 Å². The summed E-state index contributed by atoms with van der Waals surface area (Å²) in [6.45, 7) is -0.0864. The summed E-state index contributed by atoms with van der Waals surface area (Å²) in [6, 6.07) is 5.42. The Kier molecular flexibility index (Phi) is 3.58. The molecule has 2 aromatic heterocycles. The van der Waals surface area contributed by atoms with Crippen LogP contribution in [-0.2, 0) is 0 Å². The number of halogens is 2. The number of nitrogens with zero attached hydrogens (tertiary/aromatic N) is 2. The van der Waals surface area contributed by atoms with Crippen molar-refractivity contribution >= 4 is 16.9 Å². The molecule has 0 saturated carbocycles. The lowest BCUT2D eigenvalue weighted by Crippen LogP contribution is -1.98. The summed E-state index contributed by atoms with van der Waals surface area (Å²) in [5.41, 5.74) is 6.86. The van der Waals surface area contributed by atoms with Gasteiger partial charge in [-0.3, -0.25) is 0 Å². The van der Waals surface area contributed by atoms with Gasteiger partial charge >= 0.3 is 0 Å². The maximum Gasteiger partial charge on any atom is 0.200 e. The fourth-order valence-electron chi connectivity index (χ4n) is 1.87. The topological polar surface area (TPSA) is 76.8 Å². The molecule has 0 unspecified atom stereocenters. The number of nitrogen functional groups attached to an aromatic ring is 1. The lowest BCUT2D eigenvalue weighted by atomic mass is 10.3. The van der Waals surface area contributed by atoms with E-state index < -0.39 is 11.6 Å². The van der Waals surface area contributed by atoms with Crippen molar-refractivity contribution in [1.29, 1.82) is 0 Å². The zero-order chi connectivity index (χ0) is 15.5. The number of aromatic amines is 1. The Morgan fingerprint density at radius 2 is 2.14 bits per heavy atom. The average molecular weight is 300 g/mol. The number of hydrogen-bond acceptors (Lipinski definition) is 4. The van der Waals surface area contributed by atoms with E-state index in [1.807, 2.05) is 0 Å². The van der Waals surface area contributed by atoms with Crippen LogP contribution in [0.4, 0.5) is 14.6 Å². The van der Waals surface area contributed by atoms with Gasteiger partial charge in [0.2, 0.25) is 5.82 Å². The lowest BCUT2D eigenvalue weighted by molar-refractivity contribution is 0.338. The number of ether oxygens (including phenoxy) is 1. The van der Waals surface area contributed by atoms with Crippen LogP contribution >= 0.6 is 0 Å². The number of anilines is 1. The molecule has 1 aromatic carbocycles. The average Bonchev–Trinajstić information content (AvgIpc) is 2.92. The fourth-order valence-corrected chi connectivity index (χ4v) is 1.87. The van der Waals surface area contributed by atoms with Crippen molar-refractivity contribution in [2.24, 2.45) is 0 Å². The summed E-state index contributed by atoms with van der Waals surface area (Å²) in [7, 11) is 0. The third kappa shape index (κ3) is 2.67. The Morgan fingerprint density at radius 1 is 1.27 bits per heavy atom.